The van der Waals surface area contributed by atoms with Crippen molar-refractivity contribution >= 4 is 33.2 Å². The first-order valence-electron chi connectivity index (χ1n) is 5.78. The smallest absolute Gasteiger partial charge is 0.180 e. The third-order valence-corrected chi connectivity index (χ3v) is 3.96. The van der Waals surface area contributed by atoms with Gasteiger partial charge in [-0.1, -0.05) is 40.3 Å². The van der Waals surface area contributed by atoms with Gasteiger partial charge in [0.15, 0.2) is 5.78 Å². The summed E-state index contributed by atoms with van der Waals surface area (Å²) in [5.74, 6) is -0.390. The molecule has 0 saturated carbocycles. The Labute approximate surface area is 123 Å². The lowest BCUT2D eigenvalue weighted by atomic mass is 10.0. The van der Waals surface area contributed by atoms with E-state index in [-0.39, 0.29) is 23.9 Å². The summed E-state index contributed by atoms with van der Waals surface area (Å²) in [5, 5.41) is 3.96. The third kappa shape index (κ3) is 3.25. The van der Waals surface area contributed by atoms with Crippen LogP contribution in [0.5, 0.6) is 0 Å². The average Bonchev–Trinajstić information content (AvgIpc) is 2.82. The van der Waals surface area contributed by atoms with Crippen molar-refractivity contribution in [2.24, 2.45) is 0 Å². The molecule has 2 rings (SSSR count). The number of rotatable bonds is 4. The van der Waals surface area contributed by atoms with E-state index < -0.39 is 0 Å². The number of ketones is 1. The van der Waals surface area contributed by atoms with Gasteiger partial charge in [0, 0.05) is 10.9 Å². The summed E-state index contributed by atoms with van der Waals surface area (Å²) in [4.78, 5) is 12.7. The molecule has 0 unspecified atom stereocenters. The SMILES string of the molecule is CC(C)c1nnsc1C(=O)Cc1ccc(Br)cc1F. The molecule has 0 atom stereocenters. The maximum absolute atomic E-state index is 13.7. The summed E-state index contributed by atoms with van der Waals surface area (Å²) >= 11 is 4.26. The van der Waals surface area contributed by atoms with Gasteiger partial charge in [0.2, 0.25) is 0 Å². The third-order valence-electron chi connectivity index (χ3n) is 2.68. The molecule has 19 heavy (non-hydrogen) atoms. The average molecular weight is 343 g/mol. The van der Waals surface area contributed by atoms with E-state index in [1.165, 1.54) is 6.07 Å². The quantitative estimate of drug-likeness (QED) is 0.789. The van der Waals surface area contributed by atoms with Gasteiger partial charge < -0.3 is 0 Å². The van der Waals surface area contributed by atoms with Crippen molar-refractivity contribution in [3.63, 3.8) is 0 Å². The van der Waals surface area contributed by atoms with Crippen LogP contribution in [0.4, 0.5) is 4.39 Å². The molecule has 0 N–H and O–H groups in total. The van der Waals surface area contributed by atoms with Gasteiger partial charge in [-0.05, 0) is 35.1 Å². The highest BCUT2D eigenvalue weighted by atomic mass is 79.9. The monoisotopic (exact) mass is 342 g/mol. The molecule has 3 nitrogen and oxygen atoms in total. The summed E-state index contributed by atoms with van der Waals surface area (Å²) in [7, 11) is 0. The molecule has 0 aliphatic heterocycles. The summed E-state index contributed by atoms with van der Waals surface area (Å²) < 4.78 is 18.2. The van der Waals surface area contributed by atoms with Crippen LogP contribution in [0.2, 0.25) is 0 Å². The van der Waals surface area contributed by atoms with E-state index in [1.54, 1.807) is 12.1 Å². The van der Waals surface area contributed by atoms with Gasteiger partial charge in [-0.15, -0.1) is 5.10 Å². The Kier molecular flexibility index (Phi) is 4.42. The molecule has 1 aromatic carbocycles. The Balaban J connectivity index is 2.23. The normalized spacial score (nSPS) is 11.0. The molecule has 1 heterocycles. The van der Waals surface area contributed by atoms with Crippen molar-refractivity contribution in [3.05, 3.63) is 44.6 Å². The molecule has 1 aromatic heterocycles. The minimum atomic E-state index is -0.383. The molecule has 0 saturated heterocycles. The number of carbonyl (C=O) groups is 1. The number of hydrogen-bond donors (Lipinski definition) is 0. The van der Waals surface area contributed by atoms with Crippen LogP contribution < -0.4 is 0 Å². The van der Waals surface area contributed by atoms with E-state index in [0.29, 0.717) is 20.6 Å². The van der Waals surface area contributed by atoms with E-state index in [9.17, 15) is 9.18 Å². The highest BCUT2D eigenvalue weighted by Crippen LogP contribution is 2.23. The number of Topliss-reactive ketones (excluding diaryl/α,β-unsaturated/α-hetero) is 1. The number of aromatic nitrogens is 2. The Morgan fingerprint density at radius 3 is 2.84 bits per heavy atom. The predicted molar refractivity (Wildman–Crippen MR) is 76.1 cm³/mol. The van der Waals surface area contributed by atoms with E-state index in [1.807, 2.05) is 13.8 Å². The first kappa shape index (κ1) is 14.3. The van der Waals surface area contributed by atoms with Crippen molar-refractivity contribution in [1.29, 1.82) is 0 Å². The summed E-state index contributed by atoms with van der Waals surface area (Å²) in [5.41, 5.74) is 1.07. The van der Waals surface area contributed by atoms with Crippen LogP contribution in [0.3, 0.4) is 0 Å². The van der Waals surface area contributed by atoms with Gasteiger partial charge in [0.25, 0.3) is 0 Å². The molecule has 0 bridgehead atoms. The van der Waals surface area contributed by atoms with Crippen LogP contribution in [0.25, 0.3) is 0 Å². The minimum absolute atomic E-state index is 0.0305. The van der Waals surface area contributed by atoms with Crippen molar-refractivity contribution in [2.45, 2.75) is 26.2 Å². The lowest BCUT2D eigenvalue weighted by molar-refractivity contribution is 0.0994. The molecule has 0 aliphatic carbocycles. The Morgan fingerprint density at radius 1 is 1.47 bits per heavy atom. The van der Waals surface area contributed by atoms with Gasteiger partial charge >= 0.3 is 0 Å². The molecular formula is C13H12BrFN2OS. The fraction of sp³-hybridized carbons (Fsp3) is 0.308. The van der Waals surface area contributed by atoms with Gasteiger partial charge in [-0.2, -0.15) is 0 Å². The van der Waals surface area contributed by atoms with E-state index >= 15 is 0 Å². The second kappa shape index (κ2) is 5.88. The van der Waals surface area contributed by atoms with Gasteiger partial charge in [0.1, 0.15) is 10.7 Å². The Morgan fingerprint density at radius 2 is 2.21 bits per heavy atom. The van der Waals surface area contributed by atoms with E-state index in [4.69, 9.17) is 0 Å². The molecule has 0 aliphatic rings. The molecule has 0 amide bonds. The lowest BCUT2D eigenvalue weighted by Gasteiger charge is -2.05. The molecule has 0 radical (unpaired) electrons. The zero-order chi connectivity index (χ0) is 14.0. The second-order valence-corrected chi connectivity index (χ2v) is 6.15. The first-order chi connectivity index (χ1) is 8.99. The lowest BCUT2D eigenvalue weighted by Crippen LogP contribution is -2.07. The molecule has 0 spiro atoms. The van der Waals surface area contributed by atoms with Gasteiger partial charge in [0.05, 0.1) is 5.69 Å². The summed E-state index contributed by atoms with van der Waals surface area (Å²) in [6.07, 6.45) is 0.0305. The molecule has 100 valence electrons. The molecular weight excluding hydrogens is 331 g/mol. The zero-order valence-electron chi connectivity index (χ0n) is 10.5. The van der Waals surface area contributed by atoms with Crippen molar-refractivity contribution in [1.82, 2.24) is 9.59 Å². The fourth-order valence-electron chi connectivity index (χ4n) is 1.69. The highest BCUT2D eigenvalue weighted by Gasteiger charge is 2.19. The summed E-state index contributed by atoms with van der Waals surface area (Å²) in [6.45, 7) is 3.90. The molecule has 0 fully saturated rings. The van der Waals surface area contributed by atoms with Crippen molar-refractivity contribution in [2.75, 3.05) is 0 Å². The Hall–Kier alpha value is -1.14. The van der Waals surface area contributed by atoms with Crippen molar-refractivity contribution in [3.8, 4) is 0 Å². The molecule has 2 aromatic rings. The minimum Gasteiger partial charge on any atom is -0.293 e. The summed E-state index contributed by atoms with van der Waals surface area (Å²) in [6, 6.07) is 4.69. The molecule has 6 heteroatoms. The Bertz CT molecular complexity index is 612. The van der Waals surface area contributed by atoms with Gasteiger partial charge in [-0.3, -0.25) is 4.79 Å². The number of nitrogens with zero attached hydrogens (tertiary/aromatic N) is 2. The largest absolute Gasteiger partial charge is 0.293 e. The number of hydrogen-bond acceptors (Lipinski definition) is 4. The van der Waals surface area contributed by atoms with Gasteiger partial charge in [-0.25, -0.2) is 4.39 Å². The first-order valence-corrected chi connectivity index (χ1v) is 7.35. The predicted octanol–water partition coefficient (Wildman–Crippen LogP) is 3.99. The van der Waals surface area contributed by atoms with E-state index in [2.05, 4.69) is 25.5 Å². The zero-order valence-corrected chi connectivity index (χ0v) is 12.9. The number of carbonyl (C=O) groups excluding carboxylic acids is 1. The fourth-order valence-corrected chi connectivity index (χ4v) is 2.77. The van der Waals surface area contributed by atoms with Crippen LogP contribution in [0.15, 0.2) is 22.7 Å². The van der Waals surface area contributed by atoms with E-state index in [0.717, 1.165) is 11.5 Å². The van der Waals surface area contributed by atoms with Crippen LogP contribution in [0.1, 0.15) is 40.7 Å². The number of halogens is 2. The highest BCUT2D eigenvalue weighted by molar-refractivity contribution is 9.10. The number of benzene rings is 1. The van der Waals surface area contributed by atoms with Crippen molar-refractivity contribution < 1.29 is 9.18 Å². The topological polar surface area (TPSA) is 42.9 Å². The van der Waals surface area contributed by atoms with Crippen LogP contribution in [0, 0.1) is 5.82 Å². The maximum atomic E-state index is 13.7. The van der Waals surface area contributed by atoms with Crippen LogP contribution in [-0.2, 0) is 6.42 Å². The van der Waals surface area contributed by atoms with Crippen LogP contribution in [-0.4, -0.2) is 15.4 Å². The maximum Gasteiger partial charge on any atom is 0.180 e. The van der Waals surface area contributed by atoms with Crippen LogP contribution >= 0.6 is 27.5 Å². The standard InChI is InChI=1S/C13H12BrFN2OS/c1-7(2)12-13(19-17-16-12)11(18)5-8-3-4-9(14)6-10(8)15/h3-4,6-7H,5H2,1-2H3. The second-order valence-electron chi connectivity index (χ2n) is 4.48.